The number of hydrogen-bond acceptors (Lipinski definition) is 6. The van der Waals surface area contributed by atoms with Crippen molar-refractivity contribution in [3.8, 4) is 28.6 Å². The van der Waals surface area contributed by atoms with Gasteiger partial charge in [-0.15, -0.1) is 0 Å². The van der Waals surface area contributed by atoms with Crippen LogP contribution in [-0.4, -0.2) is 26.3 Å². The maximum Gasteiger partial charge on any atom is 0.299 e. The van der Waals surface area contributed by atoms with Crippen LogP contribution in [-0.2, 0) is 0 Å². The van der Waals surface area contributed by atoms with Gasteiger partial charge >= 0.3 is 0 Å². The molecule has 0 aliphatic rings. The highest BCUT2D eigenvalue weighted by Crippen LogP contribution is 2.40. The van der Waals surface area contributed by atoms with E-state index >= 15 is 0 Å². The van der Waals surface area contributed by atoms with Crippen LogP contribution in [0.2, 0.25) is 0 Å². The standard InChI is InChI=1S/C18H17FN2O4/c1-22-14-8-13(9-15(23-2)17(14)24-3)21-18-20-10-16(25-18)11-4-6-12(19)7-5-11/h4-10H,1-3H3,(H,20,21). The van der Waals surface area contributed by atoms with Gasteiger partial charge < -0.3 is 23.9 Å². The third kappa shape index (κ3) is 3.50. The predicted molar refractivity (Wildman–Crippen MR) is 91.3 cm³/mol. The summed E-state index contributed by atoms with van der Waals surface area (Å²) in [4.78, 5) is 4.18. The molecule has 0 unspecified atom stereocenters. The Morgan fingerprint density at radius 2 is 1.60 bits per heavy atom. The van der Waals surface area contributed by atoms with Crippen molar-refractivity contribution in [3.63, 3.8) is 0 Å². The number of hydrogen-bond donors (Lipinski definition) is 1. The van der Waals surface area contributed by atoms with Gasteiger partial charge in [0, 0.05) is 23.4 Å². The topological polar surface area (TPSA) is 65.8 Å². The predicted octanol–water partition coefficient (Wildman–Crippen LogP) is 4.25. The van der Waals surface area contributed by atoms with E-state index in [-0.39, 0.29) is 11.8 Å². The van der Waals surface area contributed by atoms with Crippen molar-refractivity contribution in [3.05, 3.63) is 48.4 Å². The van der Waals surface area contributed by atoms with Crippen LogP contribution < -0.4 is 19.5 Å². The molecule has 0 fully saturated rings. The van der Waals surface area contributed by atoms with Crippen LogP contribution in [0.25, 0.3) is 11.3 Å². The third-order valence-corrected chi connectivity index (χ3v) is 3.55. The molecule has 0 aliphatic heterocycles. The molecule has 6 nitrogen and oxygen atoms in total. The highest BCUT2D eigenvalue weighted by Gasteiger charge is 2.14. The first-order valence-electron chi connectivity index (χ1n) is 7.43. The number of nitrogens with zero attached hydrogens (tertiary/aromatic N) is 1. The van der Waals surface area contributed by atoms with Gasteiger partial charge in [0.25, 0.3) is 6.01 Å². The Kier molecular flexibility index (Phi) is 4.74. The average molecular weight is 344 g/mol. The molecule has 130 valence electrons. The second kappa shape index (κ2) is 7.12. The van der Waals surface area contributed by atoms with E-state index in [1.807, 2.05) is 0 Å². The molecule has 0 radical (unpaired) electrons. The number of anilines is 2. The number of halogens is 1. The molecule has 7 heteroatoms. The summed E-state index contributed by atoms with van der Waals surface area (Å²) < 4.78 is 34.6. The van der Waals surface area contributed by atoms with Crippen molar-refractivity contribution >= 4 is 11.7 Å². The van der Waals surface area contributed by atoms with Crippen LogP contribution in [0.3, 0.4) is 0 Å². The van der Waals surface area contributed by atoms with Crippen molar-refractivity contribution < 1.29 is 23.0 Å². The zero-order valence-corrected chi connectivity index (χ0v) is 14.0. The minimum absolute atomic E-state index is 0.286. The lowest BCUT2D eigenvalue weighted by Gasteiger charge is -2.14. The van der Waals surface area contributed by atoms with Gasteiger partial charge in [0.15, 0.2) is 17.3 Å². The van der Waals surface area contributed by atoms with Crippen molar-refractivity contribution in [1.29, 1.82) is 0 Å². The van der Waals surface area contributed by atoms with Gasteiger partial charge in [-0.1, -0.05) is 0 Å². The van der Waals surface area contributed by atoms with Crippen LogP contribution >= 0.6 is 0 Å². The van der Waals surface area contributed by atoms with Crippen LogP contribution in [0, 0.1) is 5.82 Å². The summed E-state index contributed by atoms with van der Waals surface area (Å²) in [5.74, 6) is 1.73. The smallest absolute Gasteiger partial charge is 0.299 e. The van der Waals surface area contributed by atoms with Gasteiger partial charge in [-0.2, -0.15) is 0 Å². The molecule has 0 atom stereocenters. The largest absolute Gasteiger partial charge is 0.493 e. The number of methoxy groups -OCH3 is 3. The molecule has 25 heavy (non-hydrogen) atoms. The van der Waals surface area contributed by atoms with Gasteiger partial charge in [-0.05, 0) is 24.3 Å². The maximum atomic E-state index is 13.0. The second-order valence-corrected chi connectivity index (χ2v) is 5.08. The fourth-order valence-corrected chi connectivity index (χ4v) is 2.36. The van der Waals surface area contributed by atoms with Crippen LogP contribution in [0.1, 0.15) is 0 Å². The monoisotopic (exact) mass is 344 g/mol. The molecule has 2 aromatic carbocycles. The van der Waals surface area contributed by atoms with Crippen molar-refractivity contribution in [2.45, 2.75) is 0 Å². The molecule has 1 heterocycles. The van der Waals surface area contributed by atoms with Crippen molar-refractivity contribution in [2.75, 3.05) is 26.6 Å². The number of rotatable bonds is 6. The van der Waals surface area contributed by atoms with E-state index in [9.17, 15) is 4.39 Å². The molecule has 1 N–H and O–H groups in total. The summed E-state index contributed by atoms with van der Waals surface area (Å²) in [5, 5.41) is 3.04. The first kappa shape index (κ1) is 16.6. The van der Waals surface area contributed by atoms with Gasteiger partial charge in [-0.25, -0.2) is 9.37 Å². The molecule has 0 saturated heterocycles. The van der Waals surface area contributed by atoms with E-state index in [0.29, 0.717) is 28.7 Å². The molecule has 1 aromatic heterocycles. The number of benzene rings is 2. The summed E-state index contributed by atoms with van der Waals surface area (Å²) in [6.07, 6.45) is 1.56. The van der Waals surface area contributed by atoms with E-state index in [0.717, 1.165) is 5.56 Å². The van der Waals surface area contributed by atoms with Crippen LogP contribution in [0.15, 0.2) is 47.0 Å². The average Bonchev–Trinajstić information content (AvgIpc) is 3.09. The Labute approximate surface area is 144 Å². The quantitative estimate of drug-likeness (QED) is 0.721. The van der Waals surface area contributed by atoms with Crippen LogP contribution in [0.5, 0.6) is 17.2 Å². The lowest BCUT2D eigenvalue weighted by molar-refractivity contribution is 0.324. The Balaban J connectivity index is 1.86. The van der Waals surface area contributed by atoms with Gasteiger partial charge in [-0.3, -0.25) is 0 Å². The first-order chi connectivity index (χ1) is 12.1. The molecule has 3 aromatic rings. The van der Waals surface area contributed by atoms with Crippen molar-refractivity contribution in [2.24, 2.45) is 0 Å². The molecule has 0 aliphatic carbocycles. The van der Waals surface area contributed by atoms with E-state index in [4.69, 9.17) is 18.6 Å². The first-order valence-corrected chi connectivity index (χ1v) is 7.43. The molecular formula is C18H17FN2O4. The number of ether oxygens (including phenoxy) is 3. The minimum atomic E-state index is -0.306. The molecule has 0 spiro atoms. The lowest BCUT2D eigenvalue weighted by Crippen LogP contribution is -1.97. The summed E-state index contributed by atoms with van der Waals surface area (Å²) in [5.41, 5.74) is 1.38. The third-order valence-electron chi connectivity index (χ3n) is 3.55. The fourth-order valence-electron chi connectivity index (χ4n) is 2.36. The highest BCUT2D eigenvalue weighted by molar-refractivity contribution is 5.66. The second-order valence-electron chi connectivity index (χ2n) is 5.08. The highest BCUT2D eigenvalue weighted by atomic mass is 19.1. The Morgan fingerprint density at radius 3 is 2.16 bits per heavy atom. The summed E-state index contributed by atoms with van der Waals surface area (Å²) in [7, 11) is 4.62. The maximum absolute atomic E-state index is 13.0. The van der Waals surface area contributed by atoms with E-state index in [2.05, 4.69) is 10.3 Å². The Hall–Kier alpha value is -3.22. The van der Waals surface area contributed by atoms with Gasteiger partial charge in [0.05, 0.1) is 27.5 Å². The van der Waals surface area contributed by atoms with E-state index < -0.39 is 0 Å². The normalized spacial score (nSPS) is 10.4. The van der Waals surface area contributed by atoms with Crippen molar-refractivity contribution in [1.82, 2.24) is 4.98 Å². The van der Waals surface area contributed by atoms with E-state index in [1.165, 1.54) is 19.2 Å². The zero-order chi connectivity index (χ0) is 17.8. The lowest BCUT2D eigenvalue weighted by atomic mass is 10.2. The number of aromatic nitrogens is 1. The zero-order valence-electron chi connectivity index (χ0n) is 14.0. The Morgan fingerprint density at radius 1 is 0.960 bits per heavy atom. The minimum Gasteiger partial charge on any atom is -0.493 e. The van der Waals surface area contributed by atoms with Gasteiger partial charge in [0.2, 0.25) is 5.75 Å². The summed E-state index contributed by atoms with van der Waals surface area (Å²) in [6.45, 7) is 0. The van der Waals surface area contributed by atoms with Gasteiger partial charge in [0.1, 0.15) is 5.82 Å². The SMILES string of the molecule is COc1cc(Nc2ncc(-c3ccc(F)cc3)o2)cc(OC)c1OC. The Bertz CT molecular complexity index is 837. The number of nitrogens with one attached hydrogen (secondary N) is 1. The molecular weight excluding hydrogens is 327 g/mol. The molecule has 0 amide bonds. The fraction of sp³-hybridized carbons (Fsp3) is 0.167. The molecule has 0 saturated carbocycles. The molecule has 0 bridgehead atoms. The van der Waals surface area contributed by atoms with Crippen LogP contribution in [0.4, 0.5) is 16.1 Å². The summed E-state index contributed by atoms with van der Waals surface area (Å²) in [6, 6.07) is 9.74. The molecule has 3 rings (SSSR count). The number of oxazole rings is 1. The van der Waals surface area contributed by atoms with E-state index in [1.54, 1.807) is 44.7 Å². The summed E-state index contributed by atoms with van der Waals surface area (Å²) >= 11 is 0.